The van der Waals surface area contributed by atoms with Gasteiger partial charge in [-0.15, -0.1) is 0 Å². The molecule has 0 amide bonds. The molecule has 5 aliphatic heterocycles. The van der Waals surface area contributed by atoms with Crippen LogP contribution in [-0.4, -0.2) is 29.1 Å². The zero-order valence-corrected chi connectivity index (χ0v) is 29.1. The van der Waals surface area contributed by atoms with Crippen LogP contribution in [0.25, 0.3) is 0 Å². The van der Waals surface area contributed by atoms with E-state index in [2.05, 4.69) is 73.6 Å². The van der Waals surface area contributed by atoms with Crippen LogP contribution in [0.2, 0.25) is 0 Å². The van der Waals surface area contributed by atoms with Crippen molar-refractivity contribution in [2.24, 2.45) is 20.0 Å². The standard InChI is InChI=1S/C39H46N4O.Ni/c1-9-24-25(10-2)38-32(18-17-21-44)39-29(14-6)28(13-5)37(43-39)31(16-8)36-27(12-4)26(11-3)35(42-36)30(15-7)33-20-19-23(40-33)22-34(24)41-38;/h17-22H,9-16H2,1-8H3;. The van der Waals surface area contributed by atoms with Gasteiger partial charge in [0.1, 0.15) is 6.29 Å². The summed E-state index contributed by atoms with van der Waals surface area (Å²) in [5.41, 5.74) is 18.8. The minimum atomic E-state index is 0. The van der Waals surface area contributed by atoms with Crippen molar-refractivity contribution in [1.82, 2.24) is 0 Å². The average Bonchev–Trinajstić information content (AvgIpc) is 3.81. The van der Waals surface area contributed by atoms with Crippen LogP contribution in [-0.2, 0) is 21.3 Å². The number of hydrogen-bond donors (Lipinski definition) is 0. The first-order chi connectivity index (χ1) is 21.4. The molecule has 0 aromatic carbocycles. The molecule has 5 nitrogen and oxygen atoms in total. The van der Waals surface area contributed by atoms with E-state index in [0.29, 0.717) is 0 Å². The fourth-order valence-electron chi connectivity index (χ4n) is 7.32. The van der Waals surface area contributed by atoms with E-state index in [4.69, 9.17) is 20.0 Å². The third-order valence-corrected chi connectivity index (χ3v) is 9.30. The summed E-state index contributed by atoms with van der Waals surface area (Å²) in [4.78, 5) is 33.1. The van der Waals surface area contributed by atoms with Gasteiger partial charge < -0.3 is 0 Å². The summed E-state index contributed by atoms with van der Waals surface area (Å²) in [6.45, 7) is 17.7. The fraction of sp³-hybridized carbons (Fsp3) is 0.410. The molecular formula is C39H46N4NiO. The molecule has 0 unspecified atom stereocenters. The molecule has 0 atom stereocenters. The molecule has 0 aromatic heterocycles. The molecule has 0 saturated heterocycles. The molecule has 5 rings (SSSR count). The van der Waals surface area contributed by atoms with E-state index in [1.54, 1.807) is 6.08 Å². The molecule has 0 spiro atoms. The Labute approximate surface area is 279 Å². The Morgan fingerprint density at radius 3 is 1.58 bits per heavy atom. The van der Waals surface area contributed by atoms with Gasteiger partial charge in [0.15, 0.2) is 0 Å². The Hall–Kier alpha value is -3.50. The molecule has 0 aliphatic carbocycles. The SMILES string of the molecule is CCC1=C(CC)C2=C(C=CC=O)C3=NC(=C(CC)C4=NC(=C(CC)C5=NC(=CC1=N2)C=C5)C(CC)=C4CC)C(CC)=C3CC.[Ni]. The number of nitrogens with zero attached hydrogens (tertiary/aromatic N) is 4. The number of aliphatic imine (C=N–C) groups is 4. The van der Waals surface area contributed by atoms with E-state index in [9.17, 15) is 4.79 Å². The van der Waals surface area contributed by atoms with Crippen molar-refractivity contribution in [2.45, 2.75) is 107 Å². The second-order valence-electron chi connectivity index (χ2n) is 11.4. The molecule has 0 N–H and O–H groups in total. The first kappa shape index (κ1) is 34.4. The zero-order valence-electron chi connectivity index (χ0n) is 28.1. The molecule has 5 heterocycles. The summed E-state index contributed by atoms with van der Waals surface area (Å²) >= 11 is 0. The second kappa shape index (κ2) is 14.7. The number of carbonyl (C=O) groups is 1. The number of hydrogen-bond acceptors (Lipinski definition) is 5. The molecule has 8 bridgehead atoms. The minimum Gasteiger partial charge on any atom is -0.299 e. The fourth-order valence-corrected chi connectivity index (χ4v) is 7.32. The van der Waals surface area contributed by atoms with Gasteiger partial charge in [-0.05, 0) is 115 Å². The van der Waals surface area contributed by atoms with Gasteiger partial charge in [-0.2, -0.15) is 0 Å². The number of allylic oxidation sites excluding steroid dienone is 14. The molecule has 5 aliphatic rings. The first-order valence-electron chi connectivity index (χ1n) is 16.7. The van der Waals surface area contributed by atoms with Crippen molar-refractivity contribution in [3.05, 3.63) is 103 Å². The Morgan fingerprint density at radius 2 is 1.02 bits per heavy atom. The molecule has 238 valence electrons. The normalized spacial score (nSPS) is 19.7. The summed E-state index contributed by atoms with van der Waals surface area (Å²) in [6.07, 6.45) is 17.6. The zero-order chi connectivity index (χ0) is 31.5. The smallest absolute Gasteiger partial charge is 0.142 e. The largest absolute Gasteiger partial charge is 0.299 e. The number of aldehydes is 1. The summed E-state index contributed by atoms with van der Waals surface area (Å²) in [6, 6.07) is 0. The number of carbonyl (C=O) groups excluding carboxylic acids is 1. The molecule has 0 radical (unpaired) electrons. The van der Waals surface area contributed by atoms with Crippen LogP contribution < -0.4 is 0 Å². The van der Waals surface area contributed by atoms with Gasteiger partial charge in [0, 0.05) is 33.2 Å². The minimum absolute atomic E-state index is 0. The van der Waals surface area contributed by atoms with E-state index >= 15 is 0 Å². The van der Waals surface area contributed by atoms with Crippen molar-refractivity contribution in [2.75, 3.05) is 0 Å². The number of fused-ring (bicyclic) bond motifs is 4. The second-order valence-corrected chi connectivity index (χ2v) is 11.4. The van der Waals surface area contributed by atoms with Crippen LogP contribution in [0.5, 0.6) is 0 Å². The van der Waals surface area contributed by atoms with Crippen LogP contribution in [0, 0.1) is 0 Å². The molecule has 6 heteroatoms. The first-order valence-corrected chi connectivity index (χ1v) is 16.7. The Balaban J connectivity index is 0.00000461. The third-order valence-electron chi connectivity index (χ3n) is 9.30. The van der Waals surface area contributed by atoms with Gasteiger partial charge >= 0.3 is 0 Å². The summed E-state index contributed by atoms with van der Waals surface area (Å²) in [5.74, 6) is 0. The molecule has 45 heavy (non-hydrogen) atoms. The Bertz CT molecular complexity index is 1720. The number of rotatable bonds is 10. The maximum Gasteiger partial charge on any atom is 0.142 e. The molecular weight excluding hydrogens is 599 g/mol. The van der Waals surface area contributed by atoms with Crippen LogP contribution in [0.3, 0.4) is 0 Å². The van der Waals surface area contributed by atoms with Gasteiger partial charge in [-0.1, -0.05) is 55.4 Å². The van der Waals surface area contributed by atoms with Crippen LogP contribution in [0.4, 0.5) is 0 Å². The third kappa shape index (κ3) is 5.83. The van der Waals surface area contributed by atoms with Gasteiger partial charge in [0.05, 0.1) is 45.6 Å². The molecule has 0 fully saturated rings. The topological polar surface area (TPSA) is 66.5 Å². The predicted octanol–water partition coefficient (Wildman–Crippen LogP) is 9.94. The van der Waals surface area contributed by atoms with Crippen molar-refractivity contribution in [3.8, 4) is 0 Å². The maximum atomic E-state index is 11.7. The van der Waals surface area contributed by atoms with Crippen molar-refractivity contribution >= 4 is 29.1 Å². The summed E-state index contributed by atoms with van der Waals surface area (Å²) < 4.78 is 0. The van der Waals surface area contributed by atoms with Crippen LogP contribution in [0.15, 0.2) is 123 Å². The maximum absolute atomic E-state index is 11.7. The van der Waals surface area contributed by atoms with Gasteiger partial charge in [0.25, 0.3) is 0 Å². The Kier molecular flexibility index (Phi) is 11.3. The van der Waals surface area contributed by atoms with Gasteiger partial charge in [-0.3, -0.25) is 4.79 Å². The van der Waals surface area contributed by atoms with Crippen LogP contribution in [0.1, 0.15) is 107 Å². The monoisotopic (exact) mass is 644 g/mol. The summed E-state index contributed by atoms with van der Waals surface area (Å²) in [7, 11) is 0. The van der Waals surface area contributed by atoms with E-state index in [-0.39, 0.29) is 16.5 Å². The molecule has 0 saturated carbocycles. The summed E-state index contributed by atoms with van der Waals surface area (Å²) in [5, 5.41) is 0. The van der Waals surface area contributed by atoms with Crippen molar-refractivity contribution in [3.63, 3.8) is 0 Å². The average molecular weight is 646 g/mol. The molecule has 0 aromatic rings. The Morgan fingerprint density at radius 1 is 0.511 bits per heavy atom. The van der Waals surface area contributed by atoms with Crippen LogP contribution >= 0.6 is 0 Å². The van der Waals surface area contributed by atoms with E-state index < -0.39 is 0 Å². The van der Waals surface area contributed by atoms with E-state index in [1.807, 2.05) is 6.08 Å². The predicted molar refractivity (Wildman–Crippen MR) is 187 cm³/mol. The van der Waals surface area contributed by atoms with Gasteiger partial charge in [-0.25, -0.2) is 20.0 Å². The van der Waals surface area contributed by atoms with E-state index in [1.165, 1.54) is 44.6 Å². The van der Waals surface area contributed by atoms with Crippen molar-refractivity contribution in [1.29, 1.82) is 0 Å². The quantitative estimate of drug-likeness (QED) is 0.133. The van der Waals surface area contributed by atoms with Gasteiger partial charge in [0.2, 0.25) is 0 Å². The van der Waals surface area contributed by atoms with Crippen molar-refractivity contribution < 1.29 is 21.3 Å². The van der Waals surface area contributed by atoms with E-state index in [0.717, 1.165) is 109 Å².